The third kappa shape index (κ3) is 2.68. The van der Waals surface area contributed by atoms with Crippen molar-refractivity contribution in [3.8, 4) is 11.4 Å². The first-order valence-electron chi connectivity index (χ1n) is 7.51. The van der Waals surface area contributed by atoms with Crippen LogP contribution in [0.2, 0.25) is 0 Å². The number of hydrogen-bond donors (Lipinski definition) is 1. The van der Waals surface area contributed by atoms with Crippen LogP contribution in [0.1, 0.15) is 11.1 Å². The van der Waals surface area contributed by atoms with E-state index in [-0.39, 0.29) is 6.04 Å². The maximum Gasteiger partial charge on any atom is 0.121 e. The van der Waals surface area contributed by atoms with E-state index < -0.39 is 11.3 Å². The molecule has 0 aliphatic heterocycles. The largest absolute Gasteiger partial charge is 0.760 e. The van der Waals surface area contributed by atoms with Crippen LogP contribution in [0.4, 0.5) is 0 Å². The Morgan fingerprint density at radius 2 is 2.08 bits per heavy atom. The van der Waals surface area contributed by atoms with Gasteiger partial charge >= 0.3 is 0 Å². The third-order valence-electron chi connectivity index (χ3n) is 4.28. The minimum absolute atomic E-state index is 0.0784. The Labute approximate surface area is 141 Å². The summed E-state index contributed by atoms with van der Waals surface area (Å²) in [5.41, 5.74) is 4.85. The summed E-state index contributed by atoms with van der Waals surface area (Å²) in [4.78, 5) is 0. The van der Waals surface area contributed by atoms with Crippen molar-refractivity contribution in [1.29, 1.82) is 0 Å². The molecule has 8 heteroatoms. The molecule has 0 fully saturated rings. The van der Waals surface area contributed by atoms with Crippen LogP contribution in [0, 0.1) is 0 Å². The van der Waals surface area contributed by atoms with E-state index in [2.05, 4.69) is 15.0 Å². The highest BCUT2D eigenvalue weighted by molar-refractivity contribution is 7.77. The summed E-state index contributed by atoms with van der Waals surface area (Å²) in [6.07, 6.45) is 1.39. The van der Waals surface area contributed by atoms with Gasteiger partial charge in [0.15, 0.2) is 0 Å². The molecule has 0 spiro atoms. The minimum atomic E-state index is -2.24. The number of nitrogens with zero attached hydrogens (tertiary/aromatic N) is 3. The quantitative estimate of drug-likeness (QED) is 0.721. The molecule has 4 rings (SSSR count). The van der Waals surface area contributed by atoms with Crippen molar-refractivity contribution in [3.05, 3.63) is 47.5 Å². The van der Waals surface area contributed by atoms with Gasteiger partial charge in [-0.3, -0.25) is 4.21 Å². The highest BCUT2D eigenvalue weighted by Gasteiger charge is 2.22. The van der Waals surface area contributed by atoms with E-state index in [4.69, 9.17) is 4.74 Å². The molecule has 0 bridgehead atoms. The predicted molar refractivity (Wildman–Crippen MR) is 88.7 cm³/mol. The van der Waals surface area contributed by atoms with Gasteiger partial charge in [-0.1, -0.05) is 11.3 Å². The van der Waals surface area contributed by atoms with Crippen LogP contribution in [-0.4, -0.2) is 36.9 Å². The Kier molecular flexibility index (Phi) is 3.79. The van der Waals surface area contributed by atoms with Gasteiger partial charge in [0, 0.05) is 23.4 Å². The van der Waals surface area contributed by atoms with Gasteiger partial charge in [0.2, 0.25) is 0 Å². The average Bonchev–Trinajstić information content (AvgIpc) is 3.15. The van der Waals surface area contributed by atoms with Gasteiger partial charge in [0.1, 0.15) is 11.3 Å². The number of nitrogens with one attached hydrogen (secondary N) is 1. The summed E-state index contributed by atoms with van der Waals surface area (Å²) >= 11 is -2.24. The maximum absolute atomic E-state index is 10.8. The Morgan fingerprint density at radius 1 is 1.25 bits per heavy atom. The number of fused-ring (bicyclic) bond motifs is 2. The SMILES string of the molecule is COc1ccc2c(c1)nnn2-c1ccc2c(c1)CC(NS(=O)[O-])C2. The molecule has 7 nitrogen and oxygen atoms in total. The van der Waals surface area contributed by atoms with Gasteiger partial charge in [0.25, 0.3) is 0 Å². The second kappa shape index (κ2) is 5.97. The van der Waals surface area contributed by atoms with Gasteiger partial charge in [-0.25, -0.2) is 9.40 Å². The highest BCUT2D eigenvalue weighted by Crippen LogP contribution is 2.27. The Morgan fingerprint density at radius 3 is 2.88 bits per heavy atom. The van der Waals surface area contributed by atoms with E-state index in [1.165, 1.54) is 0 Å². The van der Waals surface area contributed by atoms with Crippen LogP contribution in [0.5, 0.6) is 5.75 Å². The monoisotopic (exact) mass is 343 g/mol. The van der Waals surface area contributed by atoms with Crippen LogP contribution < -0.4 is 9.46 Å². The van der Waals surface area contributed by atoms with Gasteiger partial charge in [0.05, 0.1) is 18.3 Å². The normalized spacial score (nSPS) is 17.8. The summed E-state index contributed by atoms with van der Waals surface area (Å²) in [6.45, 7) is 0. The van der Waals surface area contributed by atoms with Gasteiger partial charge in [-0.15, -0.1) is 5.10 Å². The van der Waals surface area contributed by atoms with Crippen LogP contribution in [0.15, 0.2) is 36.4 Å². The topological polar surface area (TPSA) is 92.1 Å². The first kappa shape index (κ1) is 15.3. The lowest BCUT2D eigenvalue weighted by Crippen LogP contribution is -2.30. The van der Waals surface area contributed by atoms with Gasteiger partial charge in [-0.05, 0) is 48.2 Å². The van der Waals surface area contributed by atoms with E-state index in [0.717, 1.165) is 33.6 Å². The lowest BCUT2D eigenvalue weighted by Gasteiger charge is -2.13. The van der Waals surface area contributed by atoms with Crippen molar-refractivity contribution in [2.45, 2.75) is 18.9 Å². The molecule has 2 atom stereocenters. The van der Waals surface area contributed by atoms with Gasteiger partial charge < -0.3 is 9.29 Å². The van der Waals surface area contributed by atoms with Crippen LogP contribution >= 0.6 is 0 Å². The van der Waals surface area contributed by atoms with Crippen LogP contribution in [0.3, 0.4) is 0 Å². The maximum atomic E-state index is 10.8. The predicted octanol–water partition coefficient (Wildman–Crippen LogP) is 1.28. The lowest BCUT2D eigenvalue weighted by molar-refractivity contribution is 0.415. The molecule has 2 unspecified atom stereocenters. The molecule has 1 aliphatic carbocycles. The lowest BCUT2D eigenvalue weighted by atomic mass is 10.1. The molecule has 0 amide bonds. The first-order chi connectivity index (χ1) is 11.6. The van der Waals surface area contributed by atoms with Crippen molar-refractivity contribution in [1.82, 2.24) is 19.7 Å². The molecular weight excluding hydrogens is 328 g/mol. The summed E-state index contributed by atoms with van der Waals surface area (Å²) in [6, 6.07) is 11.6. The fourth-order valence-corrected chi connectivity index (χ4v) is 3.62. The highest BCUT2D eigenvalue weighted by atomic mass is 32.2. The molecule has 124 valence electrons. The zero-order valence-corrected chi connectivity index (χ0v) is 13.7. The number of aromatic nitrogens is 3. The molecule has 1 heterocycles. The molecular formula is C16H15N4O3S-. The van der Waals surface area contributed by atoms with Crippen molar-refractivity contribution < 1.29 is 13.5 Å². The van der Waals surface area contributed by atoms with Crippen molar-refractivity contribution >= 4 is 22.3 Å². The first-order valence-corrected chi connectivity index (χ1v) is 8.58. The molecule has 0 saturated heterocycles. The van der Waals surface area contributed by atoms with E-state index >= 15 is 0 Å². The number of hydrogen-bond acceptors (Lipinski definition) is 5. The van der Waals surface area contributed by atoms with Crippen LogP contribution in [-0.2, 0) is 24.1 Å². The molecule has 24 heavy (non-hydrogen) atoms. The molecule has 2 aromatic carbocycles. The second-order valence-corrected chi connectivity index (χ2v) is 6.47. The average molecular weight is 343 g/mol. The number of ether oxygens (including phenoxy) is 1. The Balaban J connectivity index is 1.68. The molecule has 1 aliphatic rings. The fourth-order valence-electron chi connectivity index (χ4n) is 3.18. The third-order valence-corrected chi connectivity index (χ3v) is 4.81. The van der Waals surface area contributed by atoms with E-state index in [1.807, 2.05) is 36.4 Å². The van der Waals surface area contributed by atoms with E-state index in [9.17, 15) is 8.76 Å². The zero-order chi connectivity index (χ0) is 16.7. The summed E-state index contributed by atoms with van der Waals surface area (Å²) in [5, 5.41) is 8.42. The molecule has 1 N–H and O–H groups in total. The van der Waals surface area contributed by atoms with E-state index in [0.29, 0.717) is 12.8 Å². The second-order valence-electron chi connectivity index (χ2n) is 5.77. The molecule has 0 radical (unpaired) electrons. The van der Waals surface area contributed by atoms with E-state index in [1.54, 1.807) is 11.8 Å². The molecule has 3 aromatic rings. The number of rotatable bonds is 4. The number of methoxy groups -OCH3 is 1. The Hall–Kier alpha value is -2.29. The summed E-state index contributed by atoms with van der Waals surface area (Å²) in [7, 11) is 1.62. The zero-order valence-electron chi connectivity index (χ0n) is 12.9. The minimum Gasteiger partial charge on any atom is -0.760 e. The summed E-state index contributed by atoms with van der Waals surface area (Å²) < 4.78 is 31.2. The van der Waals surface area contributed by atoms with Crippen LogP contribution in [0.25, 0.3) is 16.7 Å². The molecule has 1 aromatic heterocycles. The summed E-state index contributed by atoms with van der Waals surface area (Å²) in [5.74, 6) is 0.739. The smallest absolute Gasteiger partial charge is 0.121 e. The van der Waals surface area contributed by atoms with Crippen molar-refractivity contribution in [2.24, 2.45) is 0 Å². The fraction of sp³-hybridized carbons (Fsp3) is 0.250. The van der Waals surface area contributed by atoms with Gasteiger partial charge in [-0.2, -0.15) is 0 Å². The van der Waals surface area contributed by atoms with Crippen molar-refractivity contribution in [3.63, 3.8) is 0 Å². The Bertz CT molecular complexity index is 940. The van der Waals surface area contributed by atoms with Crippen molar-refractivity contribution in [2.75, 3.05) is 7.11 Å². The number of benzene rings is 2. The standard InChI is InChI=1S/C16H16N4O3S/c1-23-14-4-5-16-15(9-14)17-19-20(16)13-3-2-10-6-12(18-24(21)22)7-11(10)8-13/h2-5,8-9,12,18H,6-7H2,1H3,(H,21,22)/p-1. The molecule has 0 saturated carbocycles.